The quantitative estimate of drug-likeness (QED) is 0.663. The number of carbonyl (C=O) groups is 2. The number of amides is 2. The second-order valence-corrected chi connectivity index (χ2v) is 7.53. The maximum absolute atomic E-state index is 13.1. The first-order chi connectivity index (χ1) is 14.2. The highest BCUT2D eigenvalue weighted by molar-refractivity contribution is 5.92. The molecule has 4 heterocycles. The van der Waals surface area contributed by atoms with Gasteiger partial charge in [0.2, 0.25) is 5.91 Å². The third kappa shape index (κ3) is 3.18. The Morgan fingerprint density at radius 3 is 2.69 bits per heavy atom. The van der Waals surface area contributed by atoms with E-state index in [2.05, 4.69) is 20.0 Å². The number of likely N-dealkylation sites (tertiary alicyclic amines) is 2. The molecule has 3 aromatic rings. The molecule has 148 valence electrons. The molecule has 5 rings (SSSR count). The first-order valence-electron chi connectivity index (χ1n) is 9.59. The zero-order valence-corrected chi connectivity index (χ0v) is 15.7. The molecule has 9 heteroatoms. The van der Waals surface area contributed by atoms with Crippen LogP contribution in [0.2, 0.25) is 0 Å². The minimum atomic E-state index is -0.179. The van der Waals surface area contributed by atoms with Crippen LogP contribution in [0.3, 0.4) is 0 Å². The Hall–Kier alpha value is -3.49. The number of benzene rings is 1. The molecule has 0 unspecified atom stereocenters. The van der Waals surface area contributed by atoms with Crippen molar-refractivity contribution in [1.82, 2.24) is 29.9 Å². The lowest BCUT2D eigenvalue weighted by molar-refractivity contribution is -0.133. The second-order valence-electron chi connectivity index (χ2n) is 7.53. The number of rotatable bonds is 4. The van der Waals surface area contributed by atoms with Crippen molar-refractivity contribution in [2.75, 3.05) is 19.6 Å². The van der Waals surface area contributed by atoms with Crippen molar-refractivity contribution in [2.45, 2.75) is 12.6 Å². The maximum Gasteiger partial charge on any atom is 0.277 e. The molecule has 2 aliphatic rings. The SMILES string of the molecule is O=C(c1cnon1)N1C[C@H]2CN(C(=O)Cn3cccn3)[C@H](c3ccccc3)[C@H]2C1. The van der Waals surface area contributed by atoms with Gasteiger partial charge in [0.1, 0.15) is 12.7 Å². The predicted octanol–water partition coefficient (Wildman–Crippen LogP) is 1.24. The molecule has 2 aliphatic heterocycles. The Morgan fingerprint density at radius 2 is 1.97 bits per heavy atom. The standard InChI is InChI=1S/C20H20N6O3/c27-18(13-25-8-4-7-21-25)26-11-15-10-24(20(28)17-9-22-29-23-17)12-16(15)19(26)14-5-2-1-3-6-14/h1-9,15-16,19H,10-13H2/t15-,16-,19+/m0/s1. The van der Waals surface area contributed by atoms with Crippen LogP contribution in [0.5, 0.6) is 0 Å². The van der Waals surface area contributed by atoms with E-state index in [-0.39, 0.29) is 41.9 Å². The zero-order valence-electron chi connectivity index (χ0n) is 15.7. The van der Waals surface area contributed by atoms with E-state index in [0.29, 0.717) is 19.6 Å². The summed E-state index contributed by atoms with van der Waals surface area (Å²) in [7, 11) is 0. The number of hydrogen-bond acceptors (Lipinski definition) is 6. The molecule has 29 heavy (non-hydrogen) atoms. The van der Waals surface area contributed by atoms with E-state index in [4.69, 9.17) is 0 Å². The second kappa shape index (κ2) is 7.16. The Kier molecular flexibility index (Phi) is 4.34. The molecule has 0 aliphatic carbocycles. The molecule has 1 aromatic carbocycles. The van der Waals surface area contributed by atoms with Crippen LogP contribution < -0.4 is 0 Å². The highest BCUT2D eigenvalue weighted by Crippen LogP contribution is 2.45. The van der Waals surface area contributed by atoms with Crippen LogP contribution in [0.1, 0.15) is 22.1 Å². The summed E-state index contributed by atoms with van der Waals surface area (Å²) in [6, 6.07) is 11.8. The summed E-state index contributed by atoms with van der Waals surface area (Å²) in [5, 5.41) is 11.3. The minimum absolute atomic E-state index is 0.0375. The summed E-state index contributed by atoms with van der Waals surface area (Å²) in [6.07, 6.45) is 4.80. The average molecular weight is 392 g/mol. The van der Waals surface area contributed by atoms with Crippen molar-refractivity contribution >= 4 is 11.8 Å². The minimum Gasteiger partial charge on any atom is -0.336 e. The van der Waals surface area contributed by atoms with Gasteiger partial charge in [-0.15, -0.1) is 0 Å². The molecule has 2 fully saturated rings. The Labute approximate surface area is 166 Å². The summed E-state index contributed by atoms with van der Waals surface area (Å²) in [6.45, 7) is 1.99. The molecule has 2 aromatic heterocycles. The fourth-order valence-corrected chi connectivity index (χ4v) is 4.59. The van der Waals surface area contributed by atoms with E-state index in [1.807, 2.05) is 41.3 Å². The van der Waals surface area contributed by atoms with Crippen LogP contribution in [-0.4, -0.2) is 61.3 Å². The van der Waals surface area contributed by atoms with Gasteiger partial charge in [0, 0.05) is 43.9 Å². The summed E-state index contributed by atoms with van der Waals surface area (Å²) in [5.74, 6) is 0.241. The van der Waals surface area contributed by atoms with Gasteiger partial charge < -0.3 is 9.80 Å². The van der Waals surface area contributed by atoms with Crippen LogP contribution in [-0.2, 0) is 11.3 Å². The fourth-order valence-electron chi connectivity index (χ4n) is 4.59. The summed E-state index contributed by atoms with van der Waals surface area (Å²) in [5.41, 5.74) is 1.30. The lowest BCUT2D eigenvalue weighted by Gasteiger charge is -2.30. The molecule has 2 saturated heterocycles. The zero-order chi connectivity index (χ0) is 19.8. The summed E-state index contributed by atoms with van der Waals surface area (Å²) in [4.78, 5) is 29.5. The van der Waals surface area contributed by atoms with Gasteiger partial charge in [-0.05, 0) is 16.8 Å². The van der Waals surface area contributed by atoms with Crippen LogP contribution in [0.15, 0.2) is 59.6 Å². The maximum atomic E-state index is 13.1. The molecule has 0 bridgehead atoms. The number of aromatic nitrogens is 4. The lowest BCUT2D eigenvalue weighted by atomic mass is 9.89. The number of carbonyl (C=O) groups excluding carboxylic acids is 2. The van der Waals surface area contributed by atoms with Gasteiger partial charge in [0.25, 0.3) is 5.91 Å². The first-order valence-corrected chi connectivity index (χ1v) is 9.59. The molecule has 0 spiro atoms. The van der Waals surface area contributed by atoms with Crippen molar-refractivity contribution in [1.29, 1.82) is 0 Å². The number of hydrogen-bond donors (Lipinski definition) is 0. The van der Waals surface area contributed by atoms with Gasteiger partial charge in [-0.1, -0.05) is 35.5 Å². The Bertz CT molecular complexity index is 989. The molecule has 9 nitrogen and oxygen atoms in total. The van der Waals surface area contributed by atoms with Gasteiger partial charge >= 0.3 is 0 Å². The summed E-state index contributed by atoms with van der Waals surface area (Å²) < 4.78 is 6.21. The van der Waals surface area contributed by atoms with E-state index in [9.17, 15) is 9.59 Å². The van der Waals surface area contributed by atoms with Crippen LogP contribution >= 0.6 is 0 Å². The largest absolute Gasteiger partial charge is 0.336 e. The third-order valence-corrected chi connectivity index (χ3v) is 5.85. The Morgan fingerprint density at radius 1 is 1.10 bits per heavy atom. The van der Waals surface area contributed by atoms with Crippen molar-refractivity contribution in [3.8, 4) is 0 Å². The number of fused-ring (bicyclic) bond motifs is 1. The topological polar surface area (TPSA) is 97.4 Å². The van der Waals surface area contributed by atoms with E-state index in [0.717, 1.165) is 5.56 Å². The molecule has 0 N–H and O–H groups in total. The fraction of sp³-hybridized carbons (Fsp3) is 0.350. The van der Waals surface area contributed by atoms with Crippen molar-refractivity contribution in [2.24, 2.45) is 11.8 Å². The van der Waals surface area contributed by atoms with Crippen LogP contribution in [0.25, 0.3) is 0 Å². The van der Waals surface area contributed by atoms with Crippen molar-refractivity contribution in [3.05, 3.63) is 66.2 Å². The number of nitrogens with zero attached hydrogens (tertiary/aromatic N) is 6. The highest BCUT2D eigenvalue weighted by atomic mass is 16.6. The van der Waals surface area contributed by atoms with Crippen LogP contribution in [0, 0.1) is 11.8 Å². The summed E-state index contributed by atoms with van der Waals surface area (Å²) >= 11 is 0. The molecular weight excluding hydrogens is 372 g/mol. The molecule has 0 radical (unpaired) electrons. The first kappa shape index (κ1) is 17.6. The Balaban J connectivity index is 1.40. The van der Waals surface area contributed by atoms with E-state index in [1.165, 1.54) is 6.20 Å². The van der Waals surface area contributed by atoms with Crippen LogP contribution in [0.4, 0.5) is 0 Å². The van der Waals surface area contributed by atoms with E-state index < -0.39 is 0 Å². The smallest absolute Gasteiger partial charge is 0.277 e. The molecule has 2 amide bonds. The average Bonchev–Trinajstić information content (AvgIpc) is 3.51. The molecule has 3 atom stereocenters. The predicted molar refractivity (Wildman–Crippen MR) is 100 cm³/mol. The molecule has 0 saturated carbocycles. The highest BCUT2D eigenvalue weighted by Gasteiger charge is 2.50. The van der Waals surface area contributed by atoms with Gasteiger partial charge in [-0.25, -0.2) is 4.63 Å². The van der Waals surface area contributed by atoms with Gasteiger partial charge in [0.05, 0.1) is 6.04 Å². The normalized spacial score (nSPS) is 23.4. The monoisotopic (exact) mass is 392 g/mol. The van der Waals surface area contributed by atoms with Crippen molar-refractivity contribution in [3.63, 3.8) is 0 Å². The van der Waals surface area contributed by atoms with Gasteiger partial charge in [-0.3, -0.25) is 14.3 Å². The molecular formula is C20H20N6O3. The van der Waals surface area contributed by atoms with Crippen molar-refractivity contribution < 1.29 is 14.2 Å². The third-order valence-electron chi connectivity index (χ3n) is 5.85. The van der Waals surface area contributed by atoms with Gasteiger partial charge in [-0.2, -0.15) is 5.10 Å². The van der Waals surface area contributed by atoms with E-state index in [1.54, 1.807) is 22.0 Å². The lowest BCUT2D eigenvalue weighted by Crippen LogP contribution is -2.39. The van der Waals surface area contributed by atoms with E-state index >= 15 is 0 Å². The van der Waals surface area contributed by atoms with Gasteiger partial charge in [0.15, 0.2) is 5.69 Å².